The number of hydrogen-bond acceptors (Lipinski definition) is 2. The van der Waals surface area contributed by atoms with Gasteiger partial charge >= 0.3 is 0 Å². The molecule has 1 aliphatic carbocycles. The highest BCUT2D eigenvalue weighted by molar-refractivity contribution is 6.38. The molecule has 2 rings (SSSR count). The molecular weight excluding hydrogens is 224 g/mol. The molecule has 1 aliphatic rings. The molecule has 0 spiro atoms. The van der Waals surface area contributed by atoms with E-state index in [1.807, 2.05) is 24.3 Å². The van der Waals surface area contributed by atoms with E-state index in [0.29, 0.717) is 5.92 Å². The van der Waals surface area contributed by atoms with Gasteiger partial charge < -0.3 is 5.11 Å². The third kappa shape index (κ3) is 1.63. The van der Waals surface area contributed by atoms with Crippen LogP contribution in [0.4, 0.5) is 0 Å². The molecule has 0 aliphatic heterocycles. The maximum atomic E-state index is 11.4. The van der Waals surface area contributed by atoms with E-state index in [1.165, 1.54) is 5.56 Å². The lowest BCUT2D eigenvalue weighted by molar-refractivity contribution is -0.120. The average Bonchev–Trinajstić information content (AvgIpc) is 2.29. The van der Waals surface area contributed by atoms with Gasteiger partial charge in [-0.2, -0.15) is 0 Å². The molecule has 0 radical (unpaired) electrons. The zero-order valence-corrected chi connectivity index (χ0v) is 9.95. The summed E-state index contributed by atoms with van der Waals surface area (Å²) in [5, 5.41) is 9.41. The van der Waals surface area contributed by atoms with E-state index in [9.17, 15) is 4.79 Å². The number of carbonyl (C=O) groups excluding carboxylic acids is 1. The van der Waals surface area contributed by atoms with E-state index >= 15 is 0 Å². The number of hydrogen-bond donors (Lipinski definition) is 1. The van der Waals surface area contributed by atoms with Crippen LogP contribution in [0.2, 0.25) is 0 Å². The van der Waals surface area contributed by atoms with Crippen LogP contribution in [-0.2, 0) is 4.79 Å². The molecule has 0 amide bonds. The summed E-state index contributed by atoms with van der Waals surface area (Å²) in [5.41, 5.74) is 2.07. The molecule has 1 aromatic carbocycles. The van der Waals surface area contributed by atoms with Gasteiger partial charge in [0.15, 0.2) is 5.76 Å². The van der Waals surface area contributed by atoms with Crippen molar-refractivity contribution in [3.8, 4) is 0 Å². The van der Waals surface area contributed by atoms with Gasteiger partial charge in [-0.15, -0.1) is 0 Å². The molecule has 16 heavy (non-hydrogen) atoms. The molecule has 0 saturated carbocycles. The molecule has 0 fully saturated rings. The first-order valence-electron chi connectivity index (χ1n) is 5.25. The molecule has 0 aromatic heterocycles. The quantitative estimate of drug-likeness (QED) is 0.854. The predicted octanol–water partition coefficient (Wildman–Crippen LogP) is 3.48. The number of rotatable bonds is 2. The average molecular weight is 237 g/mol. The molecule has 3 heteroatoms. The van der Waals surface area contributed by atoms with Crippen molar-refractivity contribution in [2.75, 3.05) is 0 Å². The summed E-state index contributed by atoms with van der Waals surface area (Å²) >= 11 is 5.81. The summed E-state index contributed by atoms with van der Waals surface area (Å²) in [6.07, 6.45) is 0. The standard InChI is InChI=1S/C13H13ClO2/c1-7(2)8-3-5-9(6-4-8)10-11(14)13(16)12(10)15/h3-7,10,16H,1-2H3. The van der Waals surface area contributed by atoms with Crippen LogP contribution in [0.25, 0.3) is 0 Å². The van der Waals surface area contributed by atoms with Crippen LogP contribution in [0, 0.1) is 0 Å². The van der Waals surface area contributed by atoms with Crippen molar-refractivity contribution in [2.24, 2.45) is 0 Å². The van der Waals surface area contributed by atoms with Gasteiger partial charge in [0.05, 0.1) is 11.0 Å². The number of allylic oxidation sites excluding steroid dienone is 2. The van der Waals surface area contributed by atoms with E-state index in [4.69, 9.17) is 16.7 Å². The Kier molecular flexibility index (Phi) is 2.76. The summed E-state index contributed by atoms with van der Waals surface area (Å²) in [6.45, 7) is 4.23. The topological polar surface area (TPSA) is 37.3 Å². The Morgan fingerprint density at radius 1 is 1.25 bits per heavy atom. The first kappa shape index (κ1) is 11.2. The molecule has 0 saturated heterocycles. The van der Waals surface area contributed by atoms with Gasteiger partial charge in [-0.3, -0.25) is 4.79 Å². The zero-order valence-electron chi connectivity index (χ0n) is 9.20. The summed E-state index contributed by atoms with van der Waals surface area (Å²) in [7, 11) is 0. The van der Waals surface area contributed by atoms with Crippen LogP contribution in [0.3, 0.4) is 0 Å². The van der Waals surface area contributed by atoms with Gasteiger partial charge in [-0.1, -0.05) is 49.7 Å². The van der Waals surface area contributed by atoms with Crippen molar-refractivity contribution in [3.63, 3.8) is 0 Å². The van der Waals surface area contributed by atoms with Crippen molar-refractivity contribution in [1.82, 2.24) is 0 Å². The zero-order chi connectivity index (χ0) is 11.9. The maximum absolute atomic E-state index is 11.4. The van der Waals surface area contributed by atoms with Gasteiger partial charge in [0.1, 0.15) is 0 Å². The van der Waals surface area contributed by atoms with Crippen LogP contribution in [0.15, 0.2) is 35.1 Å². The number of Topliss-reactive ketones (excluding diaryl/α,β-unsaturated/α-hetero) is 1. The monoisotopic (exact) mass is 236 g/mol. The number of ketones is 1. The lowest BCUT2D eigenvalue weighted by Crippen LogP contribution is -2.26. The van der Waals surface area contributed by atoms with Gasteiger partial charge in [-0.05, 0) is 17.0 Å². The lowest BCUT2D eigenvalue weighted by atomic mass is 9.83. The van der Waals surface area contributed by atoms with E-state index in [1.54, 1.807) is 0 Å². The molecule has 0 bridgehead atoms. The fourth-order valence-corrected chi connectivity index (χ4v) is 2.12. The second-order valence-corrected chi connectivity index (χ2v) is 4.72. The number of aliphatic hydroxyl groups is 1. The summed E-state index contributed by atoms with van der Waals surface area (Å²) in [4.78, 5) is 11.4. The highest BCUT2D eigenvalue weighted by Gasteiger charge is 2.39. The summed E-state index contributed by atoms with van der Waals surface area (Å²) < 4.78 is 0. The van der Waals surface area contributed by atoms with Crippen LogP contribution in [0.5, 0.6) is 0 Å². The van der Waals surface area contributed by atoms with Gasteiger partial charge in [0, 0.05) is 0 Å². The van der Waals surface area contributed by atoms with Crippen molar-refractivity contribution in [1.29, 1.82) is 0 Å². The number of halogens is 1. The molecule has 1 atom stereocenters. The van der Waals surface area contributed by atoms with Crippen molar-refractivity contribution in [2.45, 2.75) is 25.7 Å². The first-order valence-corrected chi connectivity index (χ1v) is 5.63. The van der Waals surface area contributed by atoms with Crippen LogP contribution >= 0.6 is 11.6 Å². The number of benzene rings is 1. The van der Waals surface area contributed by atoms with Crippen molar-refractivity contribution in [3.05, 3.63) is 46.2 Å². The predicted molar refractivity (Wildman–Crippen MR) is 63.8 cm³/mol. The normalized spacial score (nSPS) is 20.2. The smallest absolute Gasteiger partial charge is 0.211 e. The second kappa shape index (κ2) is 3.95. The van der Waals surface area contributed by atoms with Crippen LogP contribution < -0.4 is 0 Å². The fourth-order valence-electron chi connectivity index (χ4n) is 1.80. The third-order valence-corrected chi connectivity index (χ3v) is 3.31. The highest BCUT2D eigenvalue weighted by atomic mass is 35.5. The molecule has 84 valence electrons. The van der Waals surface area contributed by atoms with E-state index in [-0.39, 0.29) is 16.6 Å². The SMILES string of the molecule is CC(C)c1ccc(C2C(=O)C(O)=C2Cl)cc1. The Balaban J connectivity index is 2.28. The van der Waals surface area contributed by atoms with E-state index in [0.717, 1.165) is 5.56 Å². The van der Waals surface area contributed by atoms with Crippen molar-refractivity contribution < 1.29 is 9.90 Å². The fraction of sp³-hybridized carbons (Fsp3) is 0.308. The third-order valence-electron chi connectivity index (χ3n) is 2.91. The minimum absolute atomic E-state index is 0.252. The highest BCUT2D eigenvalue weighted by Crippen LogP contribution is 2.40. The van der Waals surface area contributed by atoms with Gasteiger partial charge in [0.25, 0.3) is 0 Å². The number of carbonyl (C=O) groups is 1. The minimum Gasteiger partial charge on any atom is -0.504 e. The first-order chi connectivity index (χ1) is 7.52. The molecule has 2 nitrogen and oxygen atoms in total. The molecular formula is C13H13ClO2. The van der Waals surface area contributed by atoms with E-state index in [2.05, 4.69) is 13.8 Å². The molecule has 1 unspecified atom stereocenters. The molecule has 1 aromatic rings. The lowest BCUT2D eigenvalue weighted by Gasteiger charge is -2.24. The number of aliphatic hydroxyl groups excluding tert-OH is 1. The largest absolute Gasteiger partial charge is 0.504 e. The minimum atomic E-state index is -0.456. The summed E-state index contributed by atoms with van der Waals surface area (Å²) in [5.74, 6) is -0.574. The Morgan fingerprint density at radius 3 is 2.25 bits per heavy atom. The maximum Gasteiger partial charge on any atom is 0.211 e. The van der Waals surface area contributed by atoms with Crippen LogP contribution in [-0.4, -0.2) is 10.9 Å². The Bertz CT molecular complexity index is 457. The van der Waals surface area contributed by atoms with Gasteiger partial charge in [0.2, 0.25) is 5.78 Å². The van der Waals surface area contributed by atoms with Gasteiger partial charge in [-0.25, -0.2) is 0 Å². The molecule has 0 heterocycles. The molecule has 1 N–H and O–H groups in total. The summed E-state index contributed by atoms with van der Waals surface area (Å²) in [6, 6.07) is 7.78. The Labute approximate surface area is 99.5 Å². The second-order valence-electron chi connectivity index (χ2n) is 4.32. The Morgan fingerprint density at radius 2 is 1.81 bits per heavy atom. The van der Waals surface area contributed by atoms with Crippen LogP contribution in [0.1, 0.15) is 36.8 Å². The Hall–Kier alpha value is -1.28. The van der Waals surface area contributed by atoms with E-state index < -0.39 is 5.92 Å². The van der Waals surface area contributed by atoms with Crippen molar-refractivity contribution >= 4 is 17.4 Å².